The molecule has 0 bridgehead atoms. The molecule has 4 amide bonds. The Labute approximate surface area is 170 Å². The predicted octanol–water partition coefficient (Wildman–Crippen LogP) is 0.734. The second-order valence-corrected chi connectivity index (χ2v) is 9.95. The number of sulfone groups is 1. The molecule has 9 nitrogen and oxygen atoms in total. The van der Waals surface area contributed by atoms with Gasteiger partial charge in [0, 0.05) is 31.8 Å². The molecule has 29 heavy (non-hydrogen) atoms. The first-order chi connectivity index (χ1) is 13.7. The van der Waals surface area contributed by atoms with Gasteiger partial charge in [-0.3, -0.25) is 9.59 Å². The van der Waals surface area contributed by atoms with Crippen LogP contribution >= 0.6 is 0 Å². The number of unbranched alkanes of at least 4 members (excludes halogenated alkanes) is 1. The van der Waals surface area contributed by atoms with Crippen molar-refractivity contribution in [2.45, 2.75) is 43.0 Å². The fraction of sp³-hybridized carbons (Fsp3) is 0.526. The maximum Gasteiger partial charge on any atom is 0.315 e. The van der Waals surface area contributed by atoms with E-state index in [2.05, 4.69) is 16.0 Å². The van der Waals surface area contributed by atoms with Crippen LogP contribution in [-0.2, 0) is 14.6 Å². The van der Waals surface area contributed by atoms with Gasteiger partial charge >= 0.3 is 6.03 Å². The molecule has 3 rings (SSSR count). The molecule has 3 unspecified atom stereocenters. The fourth-order valence-electron chi connectivity index (χ4n) is 3.81. The van der Waals surface area contributed by atoms with Crippen molar-refractivity contribution in [1.82, 2.24) is 15.5 Å². The van der Waals surface area contributed by atoms with E-state index in [9.17, 15) is 22.8 Å². The zero-order chi connectivity index (χ0) is 21.2. The molecule has 10 heteroatoms. The highest BCUT2D eigenvalue weighted by Crippen LogP contribution is 2.28. The number of nitrogens with zero attached hydrogens (tertiary/aromatic N) is 1. The first-order valence-corrected chi connectivity index (χ1v) is 11.3. The number of carbonyl (C=O) groups is 3. The van der Waals surface area contributed by atoms with E-state index in [-0.39, 0.29) is 42.1 Å². The molecule has 158 valence electrons. The lowest BCUT2D eigenvalue weighted by atomic mass is 10.0. The van der Waals surface area contributed by atoms with Gasteiger partial charge in [-0.2, -0.15) is 0 Å². The Kier molecular flexibility index (Phi) is 6.11. The normalized spacial score (nSPS) is 24.3. The Morgan fingerprint density at radius 2 is 1.83 bits per heavy atom. The van der Waals surface area contributed by atoms with E-state index in [1.54, 1.807) is 38.4 Å². The van der Waals surface area contributed by atoms with Crippen LogP contribution in [0.5, 0.6) is 0 Å². The molecule has 0 saturated carbocycles. The van der Waals surface area contributed by atoms with Crippen LogP contribution in [0.25, 0.3) is 0 Å². The molecule has 0 radical (unpaired) electrons. The molecule has 2 heterocycles. The van der Waals surface area contributed by atoms with Gasteiger partial charge in [-0.05, 0) is 37.1 Å². The molecule has 1 aromatic carbocycles. The molecule has 2 aliphatic rings. The number of carbonyl (C=O) groups excluding carboxylic acids is 3. The van der Waals surface area contributed by atoms with E-state index in [1.807, 2.05) is 0 Å². The Hall–Kier alpha value is -2.62. The summed E-state index contributed by atoms with van der Waals surface area (Å²) >= 11 is 0. The van der Waals surface area contributed by atoms with Crippen molar-refractivity contribution >= 4 is 33.4 Å². The fourth-order valence-corrected chi connectivity index (χ4v) is 6.08. The Morgan fingerprint density at radius 1 is 1.14 bits per heavy atom. The van der Waals surface area contributed by atoms with Crippen LogP contribution in [0.3, 0.4) is 0 Å². The quantitative estimate of drug-likeness (QED) is 0.441. The molecule has 0 aromatic heterocycles. The lowest BCUT2D eigenvalue weighted by Gasteiger charge is -2.16. The molecule has 0 aliphatic carbocycles. The van der Waals surface area contributed by atoms with Gasteiger partial charge in [0.1, 0.15) is 0 Å². The third-order valence-corrected chi connectivity index (χ3v) is 7.56. The summed E-state index contributed by atoms with van der Waals surface area (Å²) < 4.78 is 24.5. The van der Waals surface area contributed by atoms with Crippen LogP contribution in [0.1, 0.15) is 36.0 Å². The maximum atomic E-state index is 12.3. The lowest BCUT2D eigenvalue weighted by Crippen LogP contribution is -2.39. The highest BCUT2D eigenvalue weighted by atomic mass is 32.2. The Morgan fingerprint density at radius 3 is 2.48 bits per heavy atom. The van der Waals surface area contributed by atoms with Crippen LogP contribution < -0.4 is 16.0 Å². The number of rotatable bonds is 7. The van der Waals surface area contributed by atoms with E-state index < -0.39 is 15.1 Å². The topological polar surface area (TPSA) is 125 Å². The van der Waals surface area contributed by atoms with Crippen molar-refractivity contribution in [3.63, 3.8) is 0 Å². The van der Waals surface area contributed by atoms with Crippen molar-refractivity contribution in [2.24, 2.45) is 0 Å². The van der Waals surface area contributed by atoms with Gasteiger partial charge in [-0.15, -0.1) is 0 Å². The number of hydrogen-bond acceptors (Lipinski definition) is 5. The first kappa shape index (κ1) is 21.1. The average molecular weight is 423 g/mol. The van der Waals surface area contributed by atoms with E-state index in [4.69, 9.17) is 0 Å². The second kappa shape index (κ2) is 8.40. The summed E-state index contributed by atoms with van der Waals surface area (Å²) in [5, 5.41) is 7.50. The third-order valence-electron chi connectivity index (χ3n) is 5.29. The third kappa shape index (κ3) is 4.87. The smallest absolute Gasteiger partial charge is 0.315 e. The minimum Gasteiger partial charge on any atom is -0.345 e. The number of fused-ring (bicyclic) bond motifs is 1. The molecule has 3 atom stereocenters. The molecular weight excluding hydrogens is 396 g/mol. The molecule has 2 aliphatic heterocycles. The predicted molar refractivity (Wildman–Crippen MR) is 108 cm³/mol. The van der Waals surface area contributed by atoms with Gasteiger partial charge in [0.05, 0.1) is 23.1 Å². The van der Waals surface area contributed by atoms with Crippen molar-refractivity contribution in [3.8, 4) is 0 Å². The summed E-state index contributed by atoms with van der Waals surface area (Å²) in [6, 6.07) is 5.60. The average Bonchev–Trinajstić information content (AvgIpc) is 3.10. The monoisotopic (exact) mass is 422 g/mol. The maximum absolute atomic E-state index is 12.3. The van der Waals surface area contributed by atoms with Crippen molar-refractivity contribution < 1.29 is 22.8 Å². The SMILES string of the molecule is CN(C)C(=O)c1ccc(NC(=O)CCCCC2C3NC(=O)NC3CS2(=O)=O)cc1. The van der Waals surface area contributed by atoms with Gasteiger partial charge in [-0.1, -0.05) is 6.42 Å². The second-order valence-electron chi connectivity index (χ2n) is 7.69. The lowest BCUT2D eigenvalue weighted by molar-refractivity contribution is -0.116. The van der Waals surface area contributed by atoms with Crippen LogP contribution in [-0.4, -0.2) is 68.3 Å². The largest absolute Gasteiger partial charge is 0.345 e. The minimum atomic E-state index is -3.25. The highest BCUT2D eigenvalue weighted by molar-refractivity contribution is 7.92. The van der Waals surface area contributed by atoms with Gasteiger partial charge < -0.3 is 20.9 Å². The van der Waals surface area contributed by atoms with E-state index in [1.165, 1.54) is 4.90 Å². The van der Waals surface area contributed by atoms with E-state index >= 15 is 0 Å². The number of urea groups is 1. The summed E-state index contributed by atoms with van der Waals surface area (Å²) in [4.78, 5) is 36.9. The Balaban J connectivity index is 1.43. The number of hydrogen-bond donors (Lipinski definition) is 3. The zero-order valence-corrected chi connectivity index (χ0v) is 17.3. The van der Waals surface area contributed by atoms with Crippen LogP contribution in [0.15, 0.2) is 24.3 Å². The molecule has 0 spiro atoms. The van der Waals surface area contributed by atoms with Gasteiger partial charge in [-0.25, -0.2) is 13.2 Å². The van der Waals surface area contributed by atoms with Crippen LogP contribution in [0, 0.1) is 0 Å². The molecule has 2 fully saturated rings. The van der Waals surface area contributed by atoms with Crippen molar-refractivity contribution in [2.75, 3.05) is 25.2 Å². The van der Waals surface area contributed by atoms with Crippen LogP contribution in [0.4, 0.5) is 10.5 Å². The number of anilines is 1. The number of benzene rings is 1. The van der Waals surface area contributed by atoms with Gasteiger partial charge in [0.2, 0.25) is 5.91 Å². The van der Waals surface area contributed by atoms with Crippen molar-refractivity contribution in [1.29, 1.82) is 0 Å². The Bertz CT molecular complexity index is 898. The van der Waals surface area contributed by atoms with E-state index in [0.717, 1.165) is 0 Å². The van der Waals surface area contributed by atoms with E-state index in [0.29, 0.717) is 30.5 Å². The summed E-state index contributed by atoms with van der Waals surface area (Å²) in [7, 11) is 0.100. The molecule has 2 saturated heterocycles. The zero-order valence-electron chi connectivity index (χ0n) is 16.5. The summed E-state index contributed by atoms with van der Waals surface area (Å²) in [5.74, 6) is -0.311. The summed E-state index contributed by atoms with van der Waals surface area (Å²) in [6.07, 6.45) is 1.81. The molecule has 1 aromatic rings. The minimum absolute atomic E-state index is 0.0338. The summed E-state index contributed by atoms with van der Waals surface area (Å²) in [5.41, 5.74) is 1.14. The number of amides is 4. The highest BCUT2D eigenvalue weighted by Gasteiger charge is 2.51. The number of nitrogens with one attached hydrogen (secondary N) is 3. The van der Waals surface area contributed by atoms with Crippen LogP contribution in [0.2, 0.25) is 0 Å². The van der Waals surface area contributed by atoms with Gasteiger partial charge in [0.15, 0.2) is 9.84 Å². The standard InChI is InChI=1S/C19H26N4O5S/c1-23(2)18(25)12-7-9-13(10-8-12)20-16(24)6-4-3-5-15-17-14(11-29(15,27)28)21-19(26)22-17/h7-10,14-15,17H,3-6,11H2,1-2H3,(H,20,24)(H2,21,22,26). The molecule has 3 N–H and O–H groups in total. The summed E-state index contributed by atoms with van der Waals surface area (Å²) in [6.45, 7) is 0. The van der Waals surface area contributed by atoms with Gasteiger partial charge in [0.25, 0.3) is 5.91 Å². The first-order valence-electron chi connectivity index (χ1n) is 9.57. The molecular formula is C19H26N4O5S. The van der Waals surface area contributed by atoms with Crippen molar-refractivity contribution in [3.05, 3.63) is 29.8 Å².